The van der Waals surface area contributed by atoms with Crippen LogP contribution in [-0.4, -0.2) is 30.5 Å². The van der Waals surface area contributed by atoms with E-state index in [9.17, 15) is 13.5 Å². The Morgan fingerprint density at radius 3 is 2.59 bits per heavy atom. The minimum absolute atomic E-state index is 0.106. The summed E-state index contributed by atoms with van der Waals surface area (Å²) < 4.78 is 21.9. The Hall–Kier alpha value is -0.940. The lowest BCUT2D eigenvalue weighted by atomic mass is 10.1. The molecular weight excluding hydrogens is 238 g/mol. The molecule has 4 nitrogen and oxygen atoms in total. The van der Waals surface area contributed by atoms with E-state index >= 15 is 0 Å². The molecule has 0 amide bonds. The smallest absolute Gasteiger partial charge is 0.147 e. The number of aliphatic hydroxyl groups is 1. The molecule has 0 fully saturated rings. The predicted molar refractivity (Wildman–Crippen MR) is 67.6 cm³/mol. The second-order valence-corrected chi connectivity index (χ2v) is 6.76. The van der Waals surface area contributed by atoms with E-state index in [4.69, 9.17) is 0 Å². The fourth-order valence-corrected chi connectivity index (χ4v) is 2.44. The normalized spacial score (nSPS) is 13.6. The van der Waals surface area contributed by atoms with E-state index in [1.807, 2.05) is 19.9 Å². The molecule has 5 heteroatoms. The van der Waals surface area contributed by atoms with Crippen molar-refractivity contribution in [2.45, 2.75) is 32.8 Å². The first kappa shape index (κ1) is 14.1. The highest BCUT2D eigenvalue weighted by atomic mass is 32.2. The number of aromatic nitrogens is 1. The van der Waals surface area contributed by atoms with Gasteiger partial charge in [-0.3, -0.25) is 4.98 Å². The van der Waals surface area contributed by atoms with Gasteiger partial charge in [0.2, 0.25) is 0 Å². The number of sulfone groups is 1. The summed E-state index contributed by atoms with van der Waals surface area (Å²) in [5.41, 5.74) is 2.63. The summed E-state index contributed by atoms with van der Waals surface area (Å²) in [6.07, 6.45) is 3.10. The number of pyridine rings is 1. The molecule has 0 saturated carbocycles. The molecule has 17 heavy (non-hydrogen) atoms. The Balaban J connectivity index is 2.61. The Labute approximate surface area is 103 Å². The van der Waals surface area contributed by atoms with Crippen LogP contribution in [0.5, 0.6) is 0 Å². The van der Waals surface area contributed by atoms with Crippen LogP contribution in [0.2, 0.25) is 0 Å². The summed E-state index contributed by atoms with van der Waals surface area (Å²) in [5.74, 6) is 0.106. The van der Waals surface area contributed by atoms with Crippen LogP contribution in [0.3, 0.4) is 0 Å². The molecule has 0 spiro atoms. The van der Waals surface area contributed by atoms with Crippen molar-refractivity contribution in [3.8, 4) is 0 Å². The molecular formula is C12H19NO3S. The zero-order chi connectivity index (χ0) is 13.1. The Kier molecular flexibility index (Phi) is 4.65. The highest BCUT2D eigenvalue weighted by molar-refractivity contribution is 7.90. The lowest BCUT2D eigenvalue weighted by Gasteiger charge is -2.12. The fraction of sp³-hybridized carbons (Fsp3) is 0.583. The first-order valence-corrected chi connectivity index (χ1v) is 7.64. The van der Waals surface area contributed by atoms with Crippen LogP contribution in [0.15, 0.2) is 12.3 Å². The van der Waals surface area contributed by atoms with Crippen LogP contribution in [0, 0.1) is 13.8 Å². The van der Waals surface area contributed by atoms with Gasteiger partial charge >= 0.3 is 0 Å². The molecule has 1 aromatic rings. The maximum atomic E-state index is 11.0. The molecule has 1 rings (SSSR count). The third kappa shape index (κ3) is 4.83. The van der Waals surface area contributed by atoms with Gasteiger partial charge in [-0.1, -0.05) is 6.07 Å². The van der Waals surface area contributed by atoms with Crippen LogP contribution < -0.4 is 0 Å². The molecule has 0 aliphatic carbocycles. The average Bonchev–Trinajstić information content (AvgIpc) is 2.15. The van der Waals surface area contributed by atoms with E-state index in [2.05, 4.69) is 4.98 Å². The van der Waals surface area contributed by atoms with E-state index in [0.717, 1.165) is 11.1 Å². The third-order valence-electron chi connectivity index (χ3n) is 2.56. The van der Waals surface area contributed by atoms with Crippen molar-refractivity contribution in [1.29, 1.82) is 0 Å². The summed E-state index contributed by atoms with van der Waals surface area (Å²) in [6, 6.07) is 1.96. The number of nitrogens with zero attached hydrogens (tertiary/aromatic N) is 1. The van der Waals surface area contributed by atoms with E-state index in [-0.39, 0.29) is 5.75 Å². The number of hydrogen-bond donors (Lipinski definition) is 1. The zero-order valence-corrected chi connectivity index (χ0v) is 11.3. The number of aryl methyl sites for hydroxylation is 2. The van der Waals surface area contributed by atoms with Gasteiger partial charge in [0.05, 0.1) is 11.8 Å². The van der Waals surface area contributed by atoms with E-state index in [0.29, 0.717) is 18.5 Å². The first-order valence-electron chi connectivity index (χ1n) is 5.58. The van der Waals surface area contributed by atoms with Gasteiger partial charge in [-0.2, -0.15) is 0 Å². The topological polar surface area (TPSA) is 67.3 Å². The third-order valence-corrected chi connectivity index (χ3v) is 3.59. The zero-order valence-electron chi connectivity index (χ0n) is 10.5. The van der Waals surface area contributed by atoms with Crippen molar-refractivity contribution in [3.05, 3.63) is 29.1 Å². The van der Waals surface area contributed by atoms with Gasteiger partial charge in [-0.05, 0) is 37.8 Å². The Morgan fingerprint density at radius 1 is 1.41 bits per heavy atom. The maximum absolute atomic E-state index is 11.0. The quantitative estimate of drug-likeness (QED) is 0.869. The van der Waals surface area contributed by atoms with Crippen LogP contribution in [-0.2, 0) is 9.84 Å². The molecule has 0 bridgehead atoms. The highest BCUT2D eigenvalue weighted by Gasteiger charge is 2.13. The average molecular weight is 257 g/mol. The minimum Gasteiger partial charge on any atom is -0.387 e. The highest BCUT2D eigenvalue weighted by Crippen LogP contribution is 2.20. The first-order chi connectivity index (χ1) is 7.79. The van der Waals surface area contributed by atoms with Gasteiger partial charge in [0.1, 0.15) is 9.84 Å². The molecule has 0 aromatic carbocycles. The molecule has 1 unspecified atom stereocenters. The van der Waals surface area contributed by atoms with Crippen LogP contribution in [0.1, 0.15) is 35.8 Å². The van der Waals surface area contributed by atoms with Gasteiger partial charge in [0.25, 0.3) is 0 Å². The molecule has 1 atom stereocenters. The summed E-state index contributed by atoms with van der Waals surface area (Å²) in [5, 5.41) is 9.93. The summed E-state index contributed by atoms with van der Waals surface area (Å²) in [6.45, 7) is 3.84. The number of hydrogen-bond acceptors (Lipinski definition) is 4. The van der Waals surface area contributed by atoms with Crippen LogP contribution >= 0.6 is 0 Å². The van der Waals surface area contributed by atoms with E-state index < -0.39 is 15.9 Å². The second-order valence-electron chi connectivity index (χ2n) is 4.50. The molecule has 0 aliphatic rings. The molecule has 1 N–H and O–H groups in total. The molecule has 96 valence electrons. The molecule has 0 saturated heterocycles. The lowest BCUT2D eigenvalue weighted by Crippen LogP contribution is -2.08. The number of aliphatic hydroxyl groups excluding tert-OH is 1. The minimum atomic E-state index is -2.95. The Morgan fingerprint density at radius 2 is 2.06 bits per heavy atom. The van der Waals surface area contributed by atoms with Crippen molar-refractivity contribution in [1.82, 2.24) is 4.98 Å². The standard InChI is InChI=1S/C12H19NO3S/c1-9-7-10(2)12(13-8-9)11(14)5-4-6-17(3,15)16/h7-8,11,14H,4-6H2,1-3H3. The molecule has 1 heterocycles. The second kappa shape index (κ2) is 5.60. The van der Waals surface area contributed by atoms with Crippen molar-refractivity contribution in [3.63, 3.8) is 0 Å². The molecule has 0 aliphatic heterocycles. The summed E-state index contributed by atoms with van der Waals surface area (Å²) >= 11 is 0. The monoisotopic (exact) mass is 257 g/mol. The van der Waals surface area contributed by atoms with E-state index in [1.54, 1.807) is 6.20 Å². The summed E-state index contributed by atoms with van der Waals surface area (Å²) in [7, 11) is -2.95. The largest absolute Gasteiger partial charge is 0.387 e. The Bertz CT molecular complexity index is 483. The summed E-state index contributed by atoms with van der Waals surface area (Å²) in [4.78, 5) is 4.19. The van der Waals surface area contributed by atoms with Gasteiger partial charge < -0.3 is 5.11 Å². The lowest BCUT2D eigenvalue weighted by molar-refractivity contribution is 0.161. The molecule has 0 radical (unpaired) electrons. The predicted octanol–water partition coefficient (Wildman–Crippen LogP) is 1.56. The maximum Gasteiger partial charge on any atom is 0.147 e. The SMILES string of the molecule is Cc1cnc(C(O)CCCS(C)(=O)=O)c(C)c1. The molecule has 1 aromatic heterocycles. The van der Waals surface area contributed by atoms with E-state index in [1.165, 1.54) is 6.26 Å². The van der Waals surface area contributed by atoms with Crippen molar-refractivity contribution in [2.24, 2.45) is 0 Å². The van der Waals surface area contributed by atoms with Gasteiger partial charge in [0, 0.05) is 18.2 Å². The fourth-order valence-electron chi connectivity index (χ4n) is 1.75. The van der Waals surface area contributed by atoms with Crippen LogP contribution in [0.25, 0.3) is 0 Å². The van der Waals surface area contributed by atoms with Crippen LogP contribution in [0.4, 0.5) is 0 Å². The van der Waals surface area contributed by atoms with Crippen molar-refractivity contribution in [2.75, 3.05) is 12.0 Å². The van der Waals surface area contributed by atoms with Gasteiger partial charge in [0.15, 0.2) is 0 Å². The van der Waals surface area contributed by atoms with Crippen molar-refractivity contribution >= 4 is 9.84 Å². The van der Waals surface area contributed by atoms with Crippen molar-refractivity contribution < 1.29 is 13.5 Å². The van der Waals surface area contributed by atoms with Gasteiger partial charge in [-0.15, -0.1) is 0 Å². The van der Waals surface area contributed by atoms with Gasteiger partial charge in [-0.25, -0.2) is 8.42 Å². The number of rotatable bonds is 5.